The van der Waals surface area contributed by atoms with Crippen LogP contribution >= 0.6 is 11.8 Å². The van der Waals surface area contributed by atoms with Gasteiger partial charge in [0.15, 0.2) is 5.82 Å². The zero-order chi connectivity index (χ0) is 22.8. The summed E-state index contributed by atoms with van der Waals surface area (Å²) in [5.74, 6) is 0.208. The van der Waals surface area contributed by atoms with Gasteiger partial charge in [-0.25, -0.2) is 9.07 Å². The Labute approximate surface area is 195 Å². The minimum atomic E-state index is -0.513. The summed E-state index contributed by atoms with van der Waals surface area (Å²) >= 11 is 1.35. The van der Waals surface area contributed by atoms with Crippen molar-refractivity contribution in [3.63, 3.8) is 0 Å². The number of aryl methyl sites for hydroxylation is 1. The maximum Gasteiger partial charge on any atom is 0.236 e. The minimum Gasteiger partial charge on any atom is -0.351 e. The molecular formula is C25H22FN5OS. The highest BCUT2D eigenvalue weighted by Crippen LogP contribution is 2.38. The Kier molecular flexibility index (Phi) is 5.83. The Morgan fingerprint density at radius 1 is 1.03 bits per heavy atom. The van der Waals surface area contributed by atoms with Gasteiger partial charge < -0.3 is 10.7 Å². The standard InChI is InChI=1S/C25H22FN5OS/c1-16-7-9-17(10-8-16)15-27-24(32)22-21(18-11-13-20(26)14-12-18)30-31-23(28-29-25(31)33-22)19-5-3-2-4-6-19/h2-14,21-22,30H,15H2,1H3,(H,27,32)/t21-,22-/m0/s1. The number of halogens is 1. The molecule has 0 radical (unpaired) electrons. The Hall–Kier alpha value is -3.65. The van der Waals surface area contributed by atoms with Gasteiger partial charge in [-0.15, -0.1) is 10.2 Å². The Balaban J connectivity index is 1.44. The predicted molar refractivity (Wildman–Crippen MR) is 127 cm³/mol. The molecule has 0 unspecified atom stereocenters. The number of benzene rings is 3. The first-order valence-electron chi connectivity index (χ1n) is 10.6. The largest absolute Gasteiger partial charge is 0.351 e. The van der Waals surface area contributed by atoms with E-state index in [2.05, 4.69) is 20.9 Å². The number of rotatable bonds is 5. The lowest BCUT2D eigenvalue weighted by Gasteiger charge is -2.33. The van der Waals surface area contributed by atoms with Gasteiger partial charge in [0.25, 0.3) is 0 Å². The Morgan fingerprint density at radius 3 is 2.48 bits per heavy atom. The first-order valence-corrected chi connectivity index (χ1v) is 11.5. The summed E-state index contributed by atoms with van der Waals surface area (Å²) in [4.78, 5) is 13.3. The van der Waals surface area contributed by atoms with Crippen LogP contribution < -0.4 is 10.7 Å². The van der Waals surface area contributed by atoms with Gasteiger partial charge >= 0.3 is 0 Å². The van der Waals surface area contributed by atoms with E-state index in [1.807, 2.05) is 61.5 Å². The zero-order valence-corrected chi connectivity index (χ0v) is 18.7. The second kappa shape index (κ2) is 9.07. The molecule has 1 aliphatic rings. The molecule has 1 amide bonds. The maximum atomic E-state index is 13.6. The number of nitrogens with one attached hydrogen (secondary N) is 2. The second-order valence-corrected chi connectivity index (χ2v) is 9.02. The maximum absolute atomic E-state index is 13.6. The normalized spacial score (nSPS) is 17.2. The fourth-order valence-electron chi connectivity index (χ4n) is 3.75. The van der Waals surface area contributed by atoms with Crippen molar-refractivity contribution in [1.82, 2.24) is 20.2 Å². The molecule has 6 nitrogen and oxygen atoms in total. The highest BCUT2D eigenvalue weighted by molar-refractivity contribution is 8.00. The SMILES string of the molecule is Cc1ccc(CNC(=O)[C@H]2Sc3nnc(-c4ccccc4)n3N[C@H]2c2ccc(F)cc2)cc1. The van der Waals surface area contributed by atoms with Crippen LogP contribution in [0.3, 0.4) is 0 Å². The molecule has 1 aromatic heterocycles. The molecule has 2 heterocycles. The molecule has 2 atom stereocenters. The van der Waals surface area contributed by atoms with Crippen molar-refractivity contribution in [3.05, 3.63) is 101 Å². The number of nitrogens with zero attached hydrogens (tertiary/aromatic N) is 3. The molecule has 33 heavy (non-hydrogen) atoms. The van der Waals surface area contributed by atoms with Crippen LogP contribution in [-0.2, 0) is 11.3 Å². The van der Waals surface area contributed by atoms with Gasteiger partial charge in [0, 0.05) is 12.1 Å². The van der Waals surface area contributed by atoms with Crippen molar-refractivity contribution in [2.45, 2.75) is 29.9 Å². The lowest BCUT2D eigenvalue weighted by atomic mass is 10.0. The number of thioether (sulfide) groups is 1. The zero-order valence-electron chi connectivity index (χ0n) is 17.9. The Bertz CT molecular complexity index is 1260. The molecule has 0 fully saturated rings. The molecule has 3 aromatic carbocycles. The first kappa shape index (κ1) is 21.2. The van der Waals surface area contributed by atoms with E-state index in [1.165, 1.54) is 29.5 Å². The van der Waals surface area contributed by atoms with Crippen molar-refractivity contribution in [1.29, 1.82) is 0 Å². The lowest BCUT2D eigenvalue weighted by molar-refractivity contribution is -0.121. The van der Waals surface area contributed by atoms with Gasteiger partial charge in [-0.2, -0.15) is 0 Å². The molecule has 0 aliphatic carbocycles. The summed E-state index contributed by atoms with van der Waals surface area (Å²) in [6, 6.07) is 23.6. The van der Waals surface area contributed by atoms with Crippen molar-refractivity contribution < 1.29 is 9.18 Å². The number of hydrogen-bond donors (Lipinski definition) is 2. The van der Waals surface area contributed by atoms with Gasteiger partial charge in [-0.3, -0.25) is 4.79 Å². The summed E-state index contributed by atoms with van der Waals surface area (Å²) in [6.07, 6.45) is 0. The van der Waals surface area contributed by atoms with E-state index in [4.69, 9.17) is 0 Å². The predicted octanol–water partition coefficient (Wildman–Crippen LogP) is 4.47. The third-order valence-corrected chi connectivity index (χ3v) is 6.76. The van der Waals surface area contributed by atoms with Crippen molar-refractivity contribution in [2.75, 3.05) is 5.43 Å². The van der Waals surface area contributed by atoms with E-state index in [0.29, 0.717) is 17.5 Å². The van der Waals surface area contributed by atoms with Gasteiger partial charge in [-0.05, 0) is 30.2 Å². The van der Waals surface area contributed by atoms with Gasteiger partial charge in [0.05, 0.1) is 6.04 Å². The number of amides is 1. The summed E-state index contributed by atoms with van der Waals surface area (Å²) in [5, 5.41) is 11.8. The van der Waals surface area contributed by atoms with Crippen LogP contribution in [0.15, 0.2) is 84.0 Å². The molecule has 1 aliphatic heterocycles. The molecule has 4 aromatic rings. The number of carbonyl (C=O) groups excluding carboxylic acids is 1. The van der Waals surface area contributed by atoms with E-state index in [0.717, 1.165) is 16.7 Å². The minimum absolute atomic E-state index is 0.127. The summed E-state index contributed by atoms with van der Waals surface area (Å²) < 4.78 is 15.4. The average molecular weight is 460 g/mol. The summed E-state index contributed by atoms with van der Waals surface area (Å²) in [6.45, 7) is 2.45. The fraction of sp³-hybridized carbons (Fsp3) is 0.160. The van der Waals surface area contributed by atoms with Crippen LogP contribution in [0.25, 0.3) is 11.4 Å². The van der Waals surface area contributed by atoms with Crippen LogP contribution in [0, 0.1) is 12.7 Å². The van der Waals surface area contributed by atoms with Crippen LogP contribution in [0.5, 0.6) is 0 Å². The third kappa shape index (κ3) is 4.47. The lowest BCUT2D eigenvalue weighted by Crippen LogP contribution is -2.43. The molecule has 0 saturated heterocycles. The molecule has 166 valence electrons. The van der Waals surface area contributed by atoms with Crippen molar-refractivity contribution in [3.8, 4) is 11.4 Å². The molecule has 8 heteroatoms. The smallest absolute Gasteiger partial charge is 0.236 e. The van der Waals surface area contributed by atoms with E-state index < -0.39 is 11.3 Å². The van der Waals surface area contributed by atoms with Crippen molar-refractivity contribution >= 4 is 17.7 Å². The van der Waals surface area contributed by atoms with E-state index in [-0.39, 0.29) is 11.7 Å². The van der Waals surface area contributed by atoms with Gasteiger partial charge in [0.2, 0.25) is 11.1 Å². The summed E-state index contributed by atoms with van der Waals surface area (Å²) in [7, 11) is 0. The number of fused-ring (bicyclic) bond motifs is 1. The van der Waals surface area contributed by atoms with Crippen LogP contribution in [-0.4, -0.2) is 26.0 Å². The molecular weight excluding hydrogens is 437 g/mol. The highest BCUT2D eigenvalue weighted by Gasteiger charge is 2.37. The van der Waals surface area contributed by atoms with Crippen LogP contribution in [0.1, 0.15) is 22.7 Å². The molecule has 2 N–H and O–H groups in total. The van der Waals surface area contributed by atoms with E-state index in [9.17, 15) is 9.18 Å². The van der Waals surface area contributed by atoms with Gasteiger partial charge in [0.1, 0.15) is 11.1 Å². The monoisotopic (exact) mass is 459 g/mol. The van der Waals surface area contributed by atoms with Crippen molar-refractivity contribution in [2.24, 2.45) is 0 Å². The molecule has 5 rings (SSSR count). The number of carbonyl (C=O) groups is 1. The molecule has 0 bridgehead atoms. The average Bonchev–Trinajstić information content (AvgIpc) is 3.27. The van der Waals surface area contributed by atoms with Crippen LogP contribution in [0.4, 0.5) is 4.39 Å². The van der Waals surface area contributed by atoms with E-state index >= 15 is 0 Å². The molecule has 0 saturated carbocycles. The fourth-order valence-corrected chi connectivity index (χ4v) is 4.85. The quantitative estimate of drug-likeness (QED) is 0.461. The summed E-state index contributed by atoms with van der Waals surface area (Å²) in [5.41, 5.74) is 7.31. The van der Waals surface area contributed by atoms with Gasteiger partial charge in [-0.1, -0.05) is 84.1 Å². The highest BCUT2D eigenvalue weighted by atomic mass is 32.2. The Morgan fingerprint density at radius 2 is 1.76 bits per heavy atom. The number of hydrogen-bond acceptors (Lipinski definition) is 5. The first-order chi connectivity index (χ1) is 16.1. The number of aromatic nitrogens is 3. The molecule has 0 spiro atoms. The van der Waals surface area contributed by atoms with E-state index in [1.54, 1.807) is 16.8 Å². The topological polar surface area (TPSA) is 71.8 Å². The second-order valence-electron chi connectivity index (χ2n) is 7.91. The third-order valence-electron chi connectivity index (χ3n) is 5.54. The van der Waals surface area contributed by atoms with Crippen LogP contribution in [0.2, 0.25) is 0 Å².